The first-order valence-corrected chi connectivity index (χ1v) is 7.10. The molecule has 122 valence electrons. The summed E-state index contributed by atoms with van der Waals surface area (Å²) in [6.45, 7) is 2.22. The summed E-state index contributed by atoms with van der Waals surface area (Å²) in [5.74, 6) is 0.865. The van der Waals surface area contributed by atoms with Crippen molar-refractivity contribution in [2.75, 3.05) is 6.61 Å². The van der Waals surface area contributed by atoms with Crippen molar-refractivity contribution in [3.8, 4) is 17.2 Å². The zero-order chi connectivity index (χ0) is 17.3. The number of rotatable bonds is 4. The van der Waals surface area contributed by atoms with E-state index in [2.05, 4.69) is 0 Å². The van der Waals surface area contributed by atoms with Crippen LogP contribution in [0.1, 0.15) is 18.1 Å². The summed E-state index contributed by atoms with van der Waals surface area (Å²) < 4.78 is 11.3. The maximum atomic E-state index is 11.3. The summed E-state index contributed by atoms with van der Waals surface area (Å²) >= 11 is 0. The molecule has 0 saturated carbocycles. The van der Waals surface area contributed by atoms with Crippen LogP contribution in [0, 0.1) is 20.2 Å². The quantitative estimate of drug-likeness (QED) is 0.525. The van der Waals surface area contributed by atoms with Gasteiger partial charge in [-0.1, -0.05) is 18.2 Å². The lowest BCUT2D eigenvalue weighted by Gasteiger charge is -2.13. The van der Waals surface area contributed by atoms with Gasteiger partial charge in [0.05, 0.1) is 34.1 Å². The molecule has 2 aromatic carbocycles. The highest BCUT2D eigenvalue weighted by molar-refractivity contribution is 5.83. The summed E-state index contributed by atoms with van der Waals surface area (Å²) in [7, 11) is 0. The van der Waals surface area contributed by atoms with E-state index in [0.717, 1.165) is 6.07 Å². The van der Waals surface area contributed by atoms with Gasteiger partial charge in [0.25, 0.3) is 11.4 Å². The van der Waals surface area contributed by atoms with Crippen LogP contribution in [0.15, 0.2) is 30.3 Å². The lowest BCUT2D eigenvalue weighted by Crippen LogP contribution is -1.99. The second-order valence-corrected chi connectivity index (χ2v) is 4.93. The molecular formula is C16H12N2O6. The van der Waals surface area contributed by atoms with E-state index in [1.165, 1.54) is 12.1 Å². The van der Waals surface area contributed by atoms with Gasteiger partial charge in [0.15, 0.2) is 11.5 Å². The molecule has 2 aromatic rings. The number of nitro groups is 2. The minimum atomic E-state index is -0.694. The summed E-state index contributed by atoms with van der Waals surface area (Å²) in [4.78, 5) is 21.0. The minimum absolute atomic E-state index is 0.0399. The van der Waals surface area contributed by atoms with Crippen molar-refractivity contribution in [3.63, 3.8) is 0 Å². The SMILES string of the molecule is CCOc1cccc2c1Oc1cc([N+](=O)[O-])cc([N+](=O)[O-])c1C=C2. The van der Waals surface area contributed by atoms with E-state index in [4.69, 9.17) is 9.47 Å². The molecule has 8 nitrogen and oxygen atoms in total. The van der Waals surface area contributed by atoms with Gasteiger partial charge in [-0.15, -0.1) is 0 Å². The first-order chi connectivity index (χ1) is 11.5. The van der Waals surface area contributed by atoms with Crippen LogP contribution < -0.4 is 9.47 Å². The predicted molar refractivity (Wildman–Crippen MR) is 86.4 cm³/mol. The van der Waals surface area contributed by atoms with E-state index >= 15 is 0 Å². The van der Waals surface area contributed by atoms with Gasteiger partial charge in [0, 0.05) is 5.56 Å². The van der Waals surface area contributed by atoms with E-state index in [9.17, 15) is 20.2 Å². The summed E-state index contributed by atoms with van der Waals surface area (Å²) in [5, 5.41) is 22.3. The van der Waals surface area contributed by atoms with Crippen LogP contribution in [0.5, 0.6) is 17.2 Å². The molecule has 0 aliphatic carbocycles. The molecular weight excluding hydrogens is 316 g/mol. The molecule has 0 fully saturated rings. The van der Waals surface area contributed by atoms with Crippen LogP contribution in [-0.2, 0) is 0 Å². The Bertz CT molecular complexity index is 875. The second-order valence-electron chi connectivity index (χ2n) is 4.93. The van der Waals surface area contributed by atoms with Gasteiger partial charge in [-0.2, -0.15) is 0 Å². The van der Waals surface area contributed by atoms with Crippen molar-refractivity contribution in [2.45, 2.75) is 6.92 Å². The highest BCUT2D eigenvalue weighted by Gasteiger charge is 2.26. The van der Waals surface area contributed by atoms with Crippen LogP contribution in [0.4, 0.5) is 11.4 Å². The fraction of sp³-hybridized carbons (Fsp3) is 0.125. The van der Waals surface area contributed by atoms with Gasteiger partial charge in [0.1, 0.15) is 5.75 Å². The molecule has 1 aliphatic rings. The van der Waals surface area contributed by atoms with E-state index < -0.39 is 15.5 Å². The molecule has 3 rings (SSSR count). The number of nitro benzene ring substituents is 2. The third kappa shape index (κ3) is 2.65. The Balaban J connectivity index is 2.22. The van der Waals surface area contributed by atoms with Crippen molar-refractivity contribution in [1.82, 2.24) is 0 Å². The molecule has 1 heterocycles. The van der Waals surface area contributed by atoms with Gasteiger partial charge in [0.2, 0.25) is 0 Å². The second kappa shape index (κ2) is 5.99. The number of fused-ring (bicyclic) bond motifs is 2. The molecule has 0 bridgehead atoms. The number of hydrogen-bond donors (Lipinski definition) is 0. The molecule has 0 spiro atoms. The molecule has 0 radical (unpaired) electrons. The Morgan fingerprint density at radius 3 is 2.58 bits per heavy atom. The molecule has 0 aromatic heterocycles. The fourth-order valence-corrected chi connectivity index (χ4v) is 2.43. The number of nitrogens with zero attached hydrogens (tertiary/aromatic N) is 2. The van der Waals surface area contributed by atoms with Crippen LogP contribution in [-0.4, -0.2) is 16.5 Å². The Labute approximate surface area is 136 Å². The number of non-ortho nitro benzene ring substituents is 1. The largest absolute Gasteiger partial charge is 0.490 e. The zero-order valence-corrected chi connectivity index (χ0v) is 12.6. The average molecular weight is 328 g/mol. The molecule has 0 saturated heterocycles. The Kier molecular flexibility index (Phi) is 3.87. The first-order valence-electron chi connectivity index (χ1n) is 7.10. The monoisotopic (exact) mass is 328 g/mol. The molecule has 8 heteroatoms. The highest BCUT2D eigenvalue weighted by atomic mass is 16.6. The number of hydrogen-bond acceptors (Lipinski definition) is 6. The number of ether oxygens (including phenoxy) is 2. The van der Waals surface area contributed by atoms with Gasteiger partial charge in [-0.25, -0.2) is 0 Å². The van der Waals surface area contributed by atoms with Crippen molar-refractivity contribution in [3.05, 3.63) is 61.7 Å². The summed E-state index contributed by atoms with van der Waals surface area (Å²) in [5.41, 5.74) is 0.0331. The Morgan fingerprint density at radius 2 is 1.92 bits per heavy atom. The molecule has 0 N–H and O–H groups in total. The topological polar surface area (TPSA) is 105 Å². The number of para-hydroxylation sites is 1. The molecule has 1 aliphatic heterocycles. The van der Waals surface area contributed by atoms with E-state index in [1.54, 1.807) is 24.3 Å². The summed E-state index contributed by atoms with van der Waals surface area (Å²) in [6, 6.07) is 7.33. The van der Waals surface area contributed by atoms with Gasteiger partial charge in [-0.05, 0) is 19.1 Å². The standard InChI is InChI=1S/C16H12N2O6/c1-2-23-14-5-3-4-10-6-7-12-13(18(21)22)8-11(17(19)20)9-15(12)24-16(10)14/h3-9H,2H2,1H3. The van der Waals surface area contributed by atoms with Crippen LogP contribution in [0.3, 0.4) is 0 Å². The number of benzene rings is 2. The van der Waals surface area contributed by atoms with Gasteiger partial charge >= 0.3 is 0 Å². The van der Waals surface area contributed by atoms with E-state index in [0.29, 0.717) is 23.7 Å². The maximum absolute atomic E-state index is 11.3. The van der Waals surface area contributed by atoms with E-state index in [1.807, 2.05) is 6.92 Å². The zero-order valence-electron chi connectivity index (χ0n) is 12.6. The molecule has 0 unspecified atom stereocenters. The van der Waals surface area contributed by atoms with Gasteiger partial charge < -0.3 is 9.47 Å². The van der Waals surface area contributed by atoms with Crippen LogP contribution in [0.2, 0.25) is 0 Å². The van der Waals surface area contributed by atoms with Crippen LogP contribution in [0.25, 0.3) is 12.2 Å². The first kappa shape index (κ1) is 15.5. The lowest BCUT2D eigenvalue weighted by atomic mass is 10.1. The normalized spacial score (nSPS) is 11.7. The third-order valence-electron chi connectivity index (χ3n) is 3.46. The molecule has 0 amide bonds. The fourth-order valence-electron chi connectivity index (χ4n) is 2.43. The van der Waals surface area contributed by atoms with E-state index in [-0.39, 0.29) is 17.0 Å². The van der Waals surface area contributed by atoms with Crippen molar-refractivity contribution >= 4 is 23.5 Å². The van der Waals surface area contributed by atoms with Crippen molar-refractivity contribution in [2.24, 2.45) is 0 Å². The molecule has 0 atom stereocenters. The van der Waals surface area contributed by atoms with Crippen molar-refractivity contribution in [1.29, 1.82) is 0 Å². The average Bonchev–Trinajstić information content (AvgIpc) is 2.74. The Morgan fingerprint density at radius 1 is 1.12 bits per heavy atom. The Hall–Kier alpha value is -3.42. The molecule has 24 heavy (non-hydrogen) atoms. The van der Waals surface area contributed by atoms with Crippen molar-refractivity contribution < 1.29 is 19.3 Å². The van der Waals surface area contributed by atoms with Gasteiger partial charge in [-0.3, -0.25) is 20.2 Å². The smallest absolute Gasteiger partial charge is 0.287 e. The summed E-state index contributed by atoms with van der Waals surface area (Å²) in [6.07, 6.45) is 3.17. The third-order valence-corrected chi connectivity index (χ3v) is 3.46. The highest BCUT2D eigenvalue weighted by Crippen LogP contribution is 2.44. The lowest BCUT2D eigenvalue weighted by molar-refractivity contribution is -0.394. The van der Waals surface area contributed by atoms with Crippen LogP contribution >= 0.6 is 0 Å². The maximum Gasteiger partial charge on any atom is 0.287 e. The minimum Gasteiger partial charge on any atom is -0.490 e. The predicted octanol–water partition coefficient (Wildman–Crippen LogP) is 4.18.